The molecule has 88 valence electrons. The highest BCUT2D eigenvalue weighted by atomic mass is 35.5. The summed E-state index contributed by atoms with van der Waals surface area (Å²) < 4.78 is 0. The summed E-state index contributed by atoms with van der Waals surface area (Å²) in [6.07, 6.45) is 5.08. The molecule has 1 nitrogen and oxygen atoms in total. The number of fused-ring (bicyclic) bond motifs is 3. The Morgan fingerprint density at radius 3 is 2.47 bits per heavy atom. The lowest BCUT2D eigenvalue weighted by Crippen LogP contribution is -2.37. The van der Waals surface area contributed by atoms with Gasteiger partial charge in [-0.15, -0.1) is 0 Å². The van der Waals surface area contributed by atoms with Crippen molar-refractivity contribution in [3.63, 3.8) is 0 Å². The third-order valence-electron chi connectivity index (χ3n) is 4.60. The van der Waals surface area contributed by atoms with Crippen molar-refractivity contribution >= 4 is 11.6 Å². The third kappa shape index (κ3) is 1.85. The molecule has 0 unspecified atom stereocenters. The molecule has 3 aliphatic rings. The molecule has 0 amide bonds. The van der Waals surface area contributed by atoms with Crippen LogP contribution in [0, 0.1) is 29.1 Å². The zero-order chi connectivity index (χ0) is 11.8. The minimum Gasteiger partial charge on any atom is -0.198 e. The molecule has 2 bridgehead atoms. The minimum absolute atomic E-state index is 0.209. The van der Waals surface area contributed by atoms with Crippen molar-refractivity contribution in [1.29, 1.82) is 5.26 Å². The van der Waals surface area contributed by atoms with Gasteiger partial charge in [0.25, 0.3) is 0 Å². The molecule has 3 fully saturated rings. The molecule has 2 atom stereocenters. The van der Waals surface area contributed by atoms with E-state index in [2.05, 4.69) is 18.2 Å². The molecule has 0 saturated heterocycles. The van der Waals surface area contributed by atoms with Crippen LogP contribution in [0.3, 0.4) is 0 Å². The number of rotatable bonds is 1. The fourth-order valence-electron chi connectivity index (χ4n) is 3.83. The van der Waals surface area contributed by atoms with Gasteiger partial charge in [-0.1, -0.05) is 23.7 Å². The van der Waals surface area contributed by atoms with Crippen LogP contribution in [0.15, 0.2) is 24.3 Å². The standard InChI is InChI=1S/C15H16ClN/c16-13-3-1-2-12(8-13)15-11-6-4-10(5-7-11)14(15)9-17/h1-3,8,10-11,14-15H,4-7H2/t10?,11?,14-,15+/m0/s1. The van der Waals surface area contributed by atoms with Gasteiger partial charge in [-0.3, -0.25) is 0 Å². The topological polar surface area (TPSA) is 23.8 Å². The van der Waals surface area contributed by atoms with Gasteiger partial charge in [-0.2, -0.15) is 5.26 Å². The predicted molar refractivity (Wildman–Crippen MR) is 68.7 cm³/mol. The third-order valence-corrected chi connectivity index (χ3v) is 4.84. The fraction of sp³-hybridized carbons (Fsp3) is 0.533. The average Bonchev–Trinajstić information content (AvgIpc) is 2.39. The lowest BCUT2D eigenvalue weighted by atomic mass is 9.57. The summed E-state index contributed by atoms with van der Waals surface area (Å²) >= 11 is 6.07. The van der Waals surface area contributed by atoms with Crippen molar-refractivity contribution in [3.8, 4) is 6.07 Å². The Balaban J connectivity index is 1.98. The molecule has 0 aromatic heterocycles. The van der Waals surface area contributed by atoms with Crippen LogP contribution in [0.1, 0.15) is 37.2 Å². The van der Waals surface area contributed by atoms with Crippen molar-refractivity contribution in [2.75, 3.05) is 0 Å². The van der Waals surface area contributed by atoms with Gasteiger partial charge in [-0.25, -0.2) is 0 Å². The molecule has 0 radical (unpaired) electrons. The average molecular weight is 246 g/mol. The first kappa shape index (κ1) is 11.1. The van der Waals surface area contributed by atoms with E-state index >= 15 is 0 Å². The Morgan fingerprint density at radius 2 is 1.82 bits per heavy atom. The molecular formula is C15H16ClN. The van der Waals surface area contributed by atoms with E-state index in [-0.39, 0.29) is 5.92 Å². The lowest BCUT2D eigenvalue weighted by Gasteiger charge is -2.46. The molecule has 1 aromatic carbocycles. The van der Waals surface area contributed by atoms with Gasteiger partial charge in [0.2, 0.25) is 0 Å². The number of benzene rings is 1. The monoisotopic (exact) mass is 245 g/mol. The largest absolute Gasteiger partial charge is 0.198 e. The second-order valence-electron chi connectivity index (χ2n) is 5.41. The molecule has 3 aliphatic carbocycles. The van der Waals surface area contributed by atoms with E-state index in [9.17, 15) is 5.26 Å². The van der Waals surface area contributed by atoms with Crippen LogP contribution in [-0.4, -0.2) is 0 Å². The molecule has 1 aromatic rings. The van der Waals surface area contributed by atoms with E-state index in [1.165, 1.54) is 31.2 Å². The molecular weight excluding hydrogens is 230 g/mol. The molecule has 2 heteroatoms. The molecule has 3 saturated carbocycles. The number of nitriles is 1. The molecule has 0 heterocycles. The van der Waals surface area contributed by atoms with E-state index in [1.54, 1.807) is 0 Å². The normalized spacial score (nSPS) is 35.5. The maximum atomic E-state index is 9.43. The van der Waals surface area contributed by atoms with Crippen molar-refractivity contribution in [2.24, 2.45) is 17.8 Å². The van der Waals surface area contributed by atoms with E-state index in [4.69, 9.17) is 11.6 Å². The SMILES string of the molecule is N#C[C@H]1C2CCC(CC2)[C@@H]1c1cccc(Cl)c1. The van der Waals surface area contributed by atoms with Gasteiger partial charge in [0.05, 0.1) is 12.0 Å². The Bertz CT molecular complexity index is 454. The van der Waals surface area contributed by atoms with Crippen LogP contribution < -0.4 is 0 Å². The zero-order valence-corrected chi connectivity index (χ0v) is 10.5. The van der Waals surface area contributed by atoms with E-state index < -0.39 is 0 Å². The Kier molecular flexibility index (Phi) is 2.84. The molecule has 0 spiro atoms. The summed E-state index contributed by atoms with van der Waals surface area (Å²) in [5, 5.41) is 10.2. The highest BCUT2D eigenvalue weighted by Crippen LogP contribution is 2.53. The number of hydrogen-bond acceptors (Lipinski definition) is 1. The summed E-state index contributed by atoms with van der Waals surface area (Å²) in [6, 6.07) is 10.7. The van der Waals surface area contributed by atoms with Gasteiger partial charge in [0, 0.05) is 10.9 Å². The molecule has 17 heavy (non-hydrogen) atoms. The lowest BCUT2D eigenvalue weighted by molar-refractivity contribution is 0.100. The minimum atomic E-state index is 0.209. The van der Waals surface area contributed by atoms with Crippen LogP contribution in [0.25, 0.3) is 0 Å². The Morgan fingerprint density at radius 1 is 1.12 bits per heavy atom. The molecule has 0 N–H and O–H groups in total. The Labute approximate surface area is 107 Å². The van der Waals surface area contributed by atoms with Crippen LogP contribution in [0.2, 0.25) is 5.02 Å². The Hall–Kier alpha value is -1.00. The smallest absolute Gasteiger partial charge is 0.0665 e. The summed E-state index contributed by atoms with van der Waals surface area (Å²) in [4.78, 5) is 0. The van der Waals surface area contributed by atoms with Crippen molar-refractivity contribution in [2.45, 2.75) is 31.6 Å². The number of halogens is 1. The van der Waals surface area contributed by atoms with Crippen LogP contribution in [0.4, 0.5) is 0 Å². The van der Waals surface area contributed by atoms with Gasteiger partial charge >= 0.3 is 0 Å². The van der Waals surface area contributed by atoms with Crippen LogP contribution in [0.5, 0.6) is 0 Å². The summed E-state index contributed by atoms with van der Waals surface area (Å²) in [6.45, 7) is 0. The van der Waals surface area contributed by atoms with Crippen molar-refractivity contribution in [3.05, 3.63) is 34.9 Å². The number of hydrogen-bond donors (Lipinski definition) is 0. The first-order valence-electron chi connectivity index (χ1n) is 6.44. The molecule has 4 rings (SSSR count). The van der Waals surface area contributed by atoms with Gasteiger partial charge in [0.15, 0.2) is 0 Å². The van der Waals surface area contributed by atoms with Crippen molar-refractivity contribution < 1.29 is 0 Å². The summed E-state index contributed by atoms with van der Waals surface area (Å²) in [7, 11) is 0. The second kappa shape index (κ2) is 4.35. The van der Waals surface area contributed by atoms with Gasteiger partial charge in [0.1, 0.15) is 0 Å². The maximum Gasteiger partial charge on any atom is 0.0665 e. The van der Waals surface area contributed by atoms with Gasteiger partial charge in [-0.05, 0) is 55.2 Å². The van der Waals surface area contributed by atoms with Crippen LogP contribution >= 0.6 is 11.6 Å². The highest BCUT2D eigenvalue weighted by Gasteiger charge is 2.44. The zero-order valence-electron chi connectivity index (χ0n) is 9.77. The van der Waals surface area contributed by atoms with Crippen molar-refractivity contribution in [1.82, 2.24) is 0 Å². The molecule has 0 aliphatic heterocycles. The highest BCUT2D eigenvalue weighted by molar-refractivity contribution is 6.30. The van der Waals surface area contributed by atoms with E-state index in [0.717, 1.165) is 5.02 Å². The first-order chi connectivity index (χ1) is 8.29. The quantitative estimate of drug-likeness (QED) is 0.720. The second-order valence-corrected chi connectivity index (χ2v) is 5.85. The first-order valence-corrected chi connectivity index (χ1v) is 6.82. The predicted octanol–water partition coefficient (Wildman–Crippen LogP) is 4.38. The maximum absolute atomic E-state index is 9.43. The van der Waals surface area contributed by atoms with Gasteiger partial charge < -0.3 is 0 Å². The summed E-state index contributed by atoms with van der Waals surface area (Å²) in [5.41, 5.74) is 1.28. The van der Waals surface area contributed by atoms with E-state index in [0.29, 0.717) is 17.8 Å². The van der Waals surface area contributed by atoms with E-state index in [1.807, 2.05) is 12.1 Å². The number of nitrogens with zero attached hydrogens (tertiary/aromatic N) is 1. The summed E-state index contributed by atoms with van der Waals surface area (Å²) in [5.74, 6) is 1.95. The van der Waals surface area contributed by atoms with Crippen LogP contribution in [-0.2, 0) is 0 Å². The fourth-order valence-corrected chi connectivity index (χ4v) is 4.03.